The number of rotatable bonds is 5. The van der Waals surface area contributed by atoms with E-state index in [4.69, 9.17) is 22.1 Å². The number of hydrogen-bond donors (Lipinski definition) is 1. The molecule has 2 rings (SSSR count). The third-order valence-electron chi connectivity index (χ3n) is 4.31. The molecule has 2 N–H and O–H groups in total. The van der Waals surface area contributed by atoms with Gasteiger partial charge in [0.15, 0.2) is 0 Å². The molecule has 0 saturated heterocycles. The van der Waals surface area contributed by atoms with Gasteiger partial charge in [0.1, 0.15) is 0 Å². The molecule has 1 fully saturated rings. The van der Waals surface area contributed by atoms with E-state index in [0.29, 0.717) is 24.1 Å². The second kappa shape index (κ2) is 8.01. The van der Waals surface area contributed by atoms with Crippen molar-refractivity contribution in [1.82, 2.24) is 9.78 Å². The average molecular weight is 300 g/mol. The standard InChI is InChI=1S/C15H26ClN3O/c1-20-10-9-19-15(13(16)11-18-19)14(17)12-7-5-3-2-4-6-8-12/h11-12,14H,2-10,17H2,1H3. The maximum Gasteiger partial charge on any atom is 0.0834 e. The summed E-state index contributed by atoms with van der Waals surface area (Å²) in [4.78, 5) is 0. The lowest BCUT2D eigenvalue weighted by molar-refractivity contribution is 0.180. The first-order valence-electron chi connectivity index (χ1n) is 7.69. The molecule has 1 heterocycles. The summed E-state index contributed by atoms with van der Waals surface area (Å²) in [6, 6.07) is -0.0139. The average Bonchev–Trinajstić information content (AvgIpc) is 2.76. The smallest absolute Gasteiger partial charge is 0.0834 e. The summed E-state index contributed by atoms with van der Waals surface area (Å²) in [7, 11) is 1.69. The molecule has 0 aliphatic heterocycles. The SMILES string of the molecule is COCCn1ncc(Cl)c1C(N)C1CCCCCCC1. The predicted octanol–water partition coefficient (Wildman–Crippen LogP) is 3.54. The third-order valence-corrected chi connectivity index (χ3v) is 4.61. The van der Waals surface area contributed by atoms with Crippen molar-refractivity contribution < 1.29 is 4.74 Å². The Bertz CT molecular complexity index is 400. The summed E-state index contributed by atoms with van der Waals surface area (Å²) < 4.78 is 7.04. The Hall–Kier alpha value is -0.580. The van der Waals surface area contributed by atoms with Crippen LogP contribution in [0.1, 0.15) is 56.7 Å². The highest BCUT2D eigenvalue weighted by Crippen LogP contribution is 2.34. The normalized spacial score (nSPS) is 19.6. The minimum Gasteiger partial charge on any atom is -0.383 e. The summed E-state index contributed by atoms with van der Waals surface area (Å²) >= 11 is 6.31. The second-order valence-electron chi connectivity index (χ2n) is 5.72. The topological polar surface area (TPSA) is 53.1 Å². The van der Waals surface area contributed by atoms with Gasteiger partial charge in [-0.25, -0.2) is 0 Å². The zero-order chi connectivity index (χ0) is 14.4. The van der Waals surface area contributed by atoms with Crippen molar-refractivity contribution in [2.75, 3.05) is 13.7 Å². The van der Waals surface area contributed by atoms with Crippen LogP contribution in [-0.2, 0) is 11.3 Å². The molecule has 1 aromatic heterocycles. The van der Waals surface area contributed by atoms with Crippen molar-refractivity contribution in [2.24, 2.45) is 11.7 Å². The van der Waals surface area contributed by atoms with E-state index in [1.165, 1.54) is 44.9 Å². The van der Waals surface area contributed by atoms with Gasteiger partial charge in [-0.2, -0.15) is 5.10 Å². The molecule has 0 spiro atoms. The number of nitrogens with two attached hydrogens (primary N) is 1. The van der Waals surface area contributed by atoms with Gasteiger partial charge in [-0.05, 0) is 18.8 Å². The molecular weight excluding hydrogens is 274 g/mol. The van der Waals surface area contributed by atoms with Crippen molar-refractivity contribution in [3.63, 3.8) is 0 Å². The van der Waals surface area contributed by atoms with Crippen molar-refractivity contribution in [2.45, 2.75) is 57.5 Å². The number of aromatic nitrogens is 2. The highest BCUT2D eigenvalue weighted by atomic mass is 35.5. The molecule has 114 valence electrons. The third kappa shape index (κ3) is 3.96. The van der Waals surface area contributed by atoms with E-state index >= 15 is 0 Å². The van der Waals surface area contributed by atoms with Gasteiger partial charge in [-0.15, -0.1) is 0 Å². The van der Waals surface area contributed by atoms with Crippen LogP contribution in [-0.4, -0.2) is 23.5 Å². The monoisotopic (exact) mass is 299 g/mol. The first-order chi connectivity index (χ1) is 9.74. The zero-order valence-corrected chi connectivity index (χ0v) is 13.1. The van der Waals surface area contributed by atoms with E-state index in [2.05, 4.69) is 5.10 Å². The van der Waals surface area contributed by atoms with Crippen LogP contribution in [0.15, 0.2) is 6.20 Å². The fraction of sp³-hybridized carbons (Fsp3) is 0.800. The summed E-state index contributed by atoms with van der Waals surface area (Å²) in [6.07, 6.45) is 10.7. The van der Waals surface area contributed by atoms with Crippen LogP contribution in [0, 0.1) is 5.92 Å². The summed E-state index contributed by atoms with van der Waals surface area (Å²) in [5, 5.41) is 5.03. The van der Waals surface area contributed by atoms with E-state index in [9.17, 15) is 0 Å². The van der Waals surface area contributed by atoms with E-state index in [-0.39, 0.29) is 6.04 Å². The minimum absolute atomic E-state index is 0.0139. The summed E-state index contributed by atoms with van der Waals surface area (Å²) in [5.41, 5.74) is 7.50. The van der Waals surface area contributed by atoms with E-state index in [0.717, 1.165) is 5.69 Å². The number of ether oxygens (including phenoxy) is 1. The second-order valence-corrected chi connectivity index (χ2v) is 6.13. The fourth-order valence-corrected chi connectivity index (χ4v) is 3.40. The predicted molar refractivity (Wildman–Crippen MR) is 81.9 cm³/mol. The highest BCUT2D eigenvalue weighted by Gasteiger charge is 2.25. The Morgan fingerprint density at radius 3 is 2.65 bits per heavy atom. The molecular formula is C15H26ClN3O. The van der Waals surface area contributed by atoms with Crippen LogP contribution >= 0.6 is 11.6 Å². The van der Waals surface area contributed by atoms with Gasteiger partial charge in [0.25, 0.3) is 0 Å². The summed E-state index contributed by atoms with van der Waals surface area (Å²) in [6.45, 7) is 1.33. The molecule has 4 nitrogen and oxygen atoms in total. The zero-order valence-electron chi connectivity index (χ0n) is 12.4. The molecule has 1 atom stereocenters. The van der Waals surface area contributed by atoms with Crippen LogP contribution in [0.3, 0.4) is 0 Å². The van der Waals surface area contributed by atoms with Crippen LogP contribution in [0.25, 0.3) is 0 Å². The van der Waals surface area contributed by atoms with Crippen molar-refractivity contribution >= 4 is 11.6 Å². The molecule has 1 saturated carbocycles. The van der Waals surface area contributed by atoms with Gasteiger partial charge in [-0.3, -0.25) is 4.68 Å². The van der Waals surface area contributed by atoms with Gasteiger partial charge in [-0.1, -0.05) is 43.7 Å². The lowest BCUT2D eigenvalue weighted by Gasteiger charge is -2.26. The minimum atomic E-state index is -0.0139. The Morgan fingerprint density at radius 2 is 2.00 bits per heavy atom. The highest BCUT2D eigenvalue weighted by molar-refractivity contribution is 6.31. The molecule has 0 aromatic carbocycles. The lowest BCUT2D eigenvalue weighted by Crippen LogP contribution is -2.26. The van der Waals surface area contributed by atoms with Crippen LogP contribution in [0.4, 0.5) is 0 Å². The van der Waals surface area contributed by atoms with Gasteiger partial charge in [0.2, 0.25) is 0 Å². The Balaban J connectivity index is 2.09. The molecule has 0 radical (unpaired) electrons. The van der Waals surface area contributed by atoms with Crippen molar-refractivity contribution in [1.29, 1.82) is 0 Å². The molecule has 5 heteroatoms. The Kier molecular flexibility index (Phi) is 6.33. The molecule has 1 aliphatic rings. The first kappa shape index (κ1) is 15.8. The first-order valence-corrected chi connectivity index (χ1v) is 8.07. The van der Waals surface area contributed by atoms with E-state index in [1.54, 1.807) is 13.3 Å². The number of hydrogen-bond acceptors (Lipinski definition) is 3. The molecule has 20 heavy (non-hydrogen) atoms. The maximum absolute atomic E-state index is 6.52. The van der Waals surface area contributed by atoms with E-state index < -0.39 is 0 Å². The van der Waals surface area contributed by atoms with Crippen molar-refractivity contribution in [3.8, 4) is 0 Å². The largest absolute Gasteiger partial charge is 0.383 e. The van der Waals surface area contributed by atoms with Crippen LogP contribution in [0.2, 0.25) is 5.02 Å². The quantitative estimate of drug-likeness (QED) is 0.904. The van der Waals surface area contributed by atoms with Crippen LogP contribution in [0.5, 0.6) is 0 Å². The van der Waals surface area contributed by atoms with Gasteiger partial charge in [0, 0.05) is 7.11 Å². The van der Waals surface area contributed by atoms with E-state index in [1.807, 2.05) is 4.68 Å². The molecule has 1 aromatic rings. The van der Waals surface area contributed by atoms with Gasteiger partial charge < -0.3 is 10.5 Å². The fourth-order valence-electron chi connectivity index (χ4n) is 3.13. The Labute approximate surface area is 126 Å². The lowest BCUT2D eigenvalue weighted by atomic mass is 9.85. The number of methoxy groups -OCH3 is 1. The molecule has 0 bridgehead atoms. The number of nitrogens with zero attached hydrogens (tertiary/aromatic N) is 2. The molecule has 1 unspecified atom stereocenters. The van der Waals surface area contributed by atoms with Crippen molar-refractivity contribution in [3.05, 3.63) is 16.9 Å². The number of halogens is 1. The van der Waals surface area contributed by atoms with Gasteiger partial charge >= 0.3 is 0 Å². The summed E-state index contributed by atoms with van der Waals surface area (Å²) in [5.74, 6) is 0.519. The van der Waals surface area contributed by atoms with Crippen LogP contribution < -0.4 is 5.73 Å². The Morgan fingerprint density at radius 1 is 1.35 bits per heavy atom. The molecule has 0 amide bonds. The molecule has 1 aliphatic carbocycles. The maximum atomic E-state index is 6.52. The van der Waals surface area contributed by atoms with Gasteiger partial charge in [0.05, 0.1) is 36.1 Å².